The van der Waals surface area contributed by atoms with Gasteiger partial charge >= 0.3 is 5.63 Å². The van der Waals surface area contributed by atoms with Gasteiger partial charge in [-0.15, -0.1) is 0 Å². The molecule has 1 aliphatic carbocycles. The van der Waals surface area contributed by atoms with E-state index in [1.807, 2.05) is 13.0 Å². The molecule has 0 unspecified atom stereocenters. The molecular formula is C21H18F2O3. The molecule has 1 heterocycles. The van der Waals surface area contributed by atoms with Crippen molar-refractivity contribution in [3.63, 3.8) is 0 Å². The smallest absolute Gasteiger partial charge is 0.339 e. The number of aryl methyl sites for hydroxylation is 2. The van der Waals surface area contributed by atoms with Crippen molar-refractivity contribution in [1.29, 1.82) is 0 Å². The van der Waals surface area contributed by atoms with Gasteiger partial charge in [-0.2, -0.15) is 0 Å². The van der Waals surface area contributed by atoms with E-state index in [9.17, 15) is 13.6 Å². The average molecular weight is 356 g/mol. The molecule has 2 aromatic carbocycles. The Hall–Kier alpha value is -2.69. The van der Waals surface area contributed by atoms with Gasteiger partial charge in [-0.1, -0.05) is 6.07 Å². The van der Waals surface area contributed by atoms with Crippen LogP contribution in [0.15, 0.2) is 39.5 Å². The summed E-state index contributed by atoms with van der Waals surface area (Å²) < 4.78 is 39.1. The van der Waals surface area contributed by atoms with Gasteiger partial charge in [-0.3, -0.25) is 0 Å². The summed E-state index contributed by atoms with van der Waals surface area (Å²) in [7, 11) is 0. The fraction of sp³-hybridized carbons (Fsp3) is 0.286. The third kappa shape index (κ3) is 2.87. The van der Waals surface area contributed by atoms with Crippen LogP contribution in [0.25, 0.3) is 11.0 Å². The molecule has 0 atom stereocenters. The first kappa shape index (κ1) is 16.8. The number of hydrogen-bond acceptors (Lipinski definition) is 3. The first-order chi connectivity index (χ1) is 12.5. The fourth-order valence-electron chi connectivity index (χ4n) is 3.60. The Morgan fingerprint density at radius 2 is 1.77 bits per heavy atom. The van der Waals surface area contributed by atoms with E-state index in [1.54, 1.807) is 6.07 Å². The molecular weight excluding hydrogens is 338 g/mol. The predicted molar refractivity (Wildman–Crippen MR) is 94.6 cm³/mol. The summed E-state index contributed by atoms with van der Waals surface area (Å²) in [5.41, 5.74) is 2.51. The average Bonchev–Trinajstić information content (AvgIpc) is 2.61. The monoisotopic (exact) mass is 356 g/mol. The molecule has 0 bridgehead atoms. The quantitative estimate of drug-likeness (QED) is 0.631. The van der Waals surface area contributed by atoms with E-state index < -0.39 is 11.6 Å². The maximum Gasteiger partial charge on any atom is 0.339 e. The number of fused-ring (bicyclic) bond motifs is 3. The van der Waals surface area contributed by atoms with Gasteiger partial charge in [0, 0.05) is 5.56 Å². The van der Waals surface area contributed by atoms with E-state index in [1.165, 1.54) is 18.2 Å². The summed E-state index contributed by atoms with van der Waals surface area (Å²) in [6.07, 6.45) is 3.39. The lowest BCUT2D eigenvalue weighted by molar-refractivity contribution is 0.295. The highest BCUT2D eigenvalue weighted by Gasteiger charge is 2.21. The molecule has 4 rings (SSSR count). The van der Waals surface area contributed by atoms with Crippen molar-refractivity contribution in [2.24, 2.45) is 0 Å². The normalized spacial score (nSPS) is 13.7. The van der Waals surface area contributed by atoms with Crippen LogP contribution in [-0.2, 0) is 19.4 Å². The molecule has 3 aromatic rings. The summed E-state index contributed by atoms with van der Waals surface area (Å²) in [5, 5.41) is 0.738. The minimum atomic E-state index is -0.643. The largest absolute Gasteiger partial charge is 0.488 e. The summed E-state index contributed by atoms with van der Waals surface area (Å²) >= 11 is 0. The van der Waals surface area contributed by atoms with Crippen molar-refractivity contribution in [1.82, 2.24) is 0 Å². The maximum atomic E-state index is 13.9. The Bertz CT molecular complexity index is 1030. The van der Waals surface area contributed by atoms with E-state index in [-0.39, 0.29) is 17.8 Å². The second kappa shape index (κ2) is 6.56. The van der Waals surface area contributed by atoms with E-state index in [0.717, 1.165) is 35.8 Å². The van der Waals surface area contributed by atoms with Gasteiger partial charge in [0.15, 0.2) is 0 Å². The van der Waals surface area contributed by atoms with Gasteiger partial charge in [0.2, 0.25) is 0 Å². The first-order valence-corrected chi connectivity index (χ1v) is 8.69. The Balaban J connectivity index is 1.83. The van der Waals surface area contributed by atoms with Gasteiger partial charge < -0.3 is 9.15 Å². The molecule has 0 amide bonds. The van der Waals surface area contributed by atoms with Crippen LogP contribution < -0.4 is 10.4 Å². The zero-order valence-electron chi connectivity index (χ0n) is 14.4. The summed E-state index contributed by atoms with van der Waals surface area (Å²) in [6, 6.07) is 7.34. The molecule has 0 aliphatic heterocycles. The van der Waals surface area contributed by atoms with Crippen molar-refractivity contribution in [2.45, 2.75) is 39.2 Å². The molecule has 1 aliphatic rings. The van der Waals surface area contributed by atoms with E-state index in [0.29, 0.717) is 23.3 Å². The van der Waals surface area contributed by atoms with Crippen LogP contribution in [0.1, 0.15) is 35.1 Å². The van der Waals surface area contributed by atoms with Crippen LogP contribution in [0.2, 0.25) is 0 Å². The maximum absolute atomic E-state index is 13.9. The highest BCUT2D eigenvalue weighted by molar-refractivity contribution is 5.88. The van der Waals surface area contributed by atoms with Crippen LogP contribution in [0.4, 0.5) is 8.78 Å². The second-order valence-corrected chi connectivity index (χ2v) is 6.68. The van der Waals surface area contributed by atoms with Gasteiger partial charge in [-0.25, -0.2) is 13.6 Å². The highest BCUT2D eigenvalue weighted by atomic mass is 19.1. The Morgan fingerprint density at radius 1 is 1.08 bits per heavy atom. The van der Waals surface area contributed by atoms with Crippen LogP contribution in [0.5, 0.6) is 5.75 Å². The molecule has 0 radical (unpaired) electrons. The molecule has 0 N–H and O–H groups in total. The second-order valence-electron chi connectivity index (χ2n) is 6.68. The van der Waals surface area contributed by atoms with Crippen LogP contribution >= 0.6 is 0 Å². The minimum absolute atomic E-state index is 0.117. The number of hydrogen-bond donors (Lipinski definition) is 0. The molecule has 5 heteroatoms. The topological polar surface area (TPSA) is 39.4 Å². The van der Waals surface area contributed by atoms with Gasteiger partial charge in [0.25, 0.3) is 0 Å². The predicted octanol–water partition coefficient (Wildman–Crippen LogP) is 4.84. The Kier molecular flexibility index (Phi) is 4.23. The van der Waals surface area contributed by atoms with Crippen LogP contribution in [0, 0.1) is 18.6 Å². The highest BCUT2D eigenvalue weighted by Crippen LogP contribution is 2.35. The minimum Gasteiger partial charge on any atom is -0.488 e. The SMILES string of the molecule is Cc1cc(OCc2c(F)cccc2F)c2c3c(c(=O)oc2c1)CCCC3. The molecule has 134 valence electrons. The van der Waals surface area contributed by atoms with E-state index in [4.69, 9.17) is 9.15 Å². The van der Waals surface area contributed by atoms with Crippen molar-refractivity contribution in [3.8, 4) is 5.75 Å². The summed E-state index contributed by atoms with van der Waals surface area (Å²) in [4.78, 5) is 12.3. The summed E-state index contributed by atoms with van der Waals surface area (Å²) in [6.45, 7) is 1.63. The number of ether oxygens (including phenoxy) is 1. The van der Waals surface area contributed by atoms with E-state index in [2.05, 4.69) is 0 Å². The van der Waals surface area contributed by atoms with E-state index >= 15 is 0 Å². The molecule has 3 nitrogen and oxygen atoms in total. The van der Waals surface area contributed by atoms with Crippen molar-refractivity contribution in [3.05, 3.63) is 74.6 Å². The van der Waals surface area contributed by atoms with Crippen LogP contribution in [-0.4, -0.2) is 0 Å². The molecule has 1 aromatic heterocycles. The Labute approximate surface area is 149 Å². The molecule has 26 heavy (non-hydrogen) atoms. The molecule has 0 spiro atoms. The fourth-order valence-corrected chi connectivity index (χ4v) is 3.60. The molecule has 0 saturated carbocycles. The first-order valence-electron chi connectivity index (χ1n) is 8.69. The lowest BCUT2D eigenvalue weighted by atomic mass is 9.90. The van der Waals surface area contributed by atoms with Crippen LogP contribution in [0.3, 0.4) is 0 Å². The van der Waals surface area contributed by atoms with Gasteiger partial charge in [0.1, 0.15) is 29.6 Å². The standard InChI is InChI=1S/C21H18F2O3/c1-12-9-18(25-11-15-16(22)7-4-8-17(15)23)20-13-5-2-3-6-14(13)21(24)26-19(20)10-12/h4,7-10H,2-3,5-6,11H2,1H3. The van der Waals surface area contributed by atoms with Gasteiger partial charge in [0.05, 0.1) is 10.9 Å². The third-order valence-electron chi connectivity index (χ3n) is 4.86. The number of benzene rings is 2. The lowest BCUT2D eigenvalue weighted by Gasteiger charge is -2.19. The molecule has 0 fully saturated rings. The summed E-state index contributed by atoms with van der Waals surface area (Å²) in [5.74, 6) is -0.796. The van der Waals surface area contributed by atoms with Gasteiger partial charge in [-0.05, 0) is 68.0 Å². The third-order valence-corrected chi connectivity index (χ3v) is 4.86. The zero-order valence-corrected chi connectivity index (χ0v) is 14.4. The Morgan fingerprint density at radius 3 is 2.50 bits per heavy atom. The van der Waals surface area contributed by atoms with Crippen molar-refractivity contribution >= 4 is 11.0 Å². The molecule has 0 saturated heterocycles. The number of halogens is 2. The number of rotatable bonds is 3. The van der Waals surface area contributed by atoms with Crippen molar-refractivity contribution in [2.75, 3.05) is 0 Å². The lowest BCUT2D eigenvalue weighted by Crippen LogP contribution is -2.16. The zero-order chi connectivity index (χ0) is 18.3. The van der Waals surface area contributed by atoms with Crippen molar-refractivity contribution < 1.29 is 17.9 Å².